The molecule has 0 aliphatic heterocycles. The van der Waals surface area contributed by atoms with Crippen molar-refractivity contribution in [1.82, 2.24) is 10.6 Å². The van der Waals surface area contributed by atoms with Gasteiger partial charge in [-0.25, -0.2) is 0 Å². The molecule has 0 heterocycles. The second-order valence-electron chi connectivity index (χ2n) is 7.38. The Kier molecular flexibility index (Phi) is 7.48. The van der Waals surface area contributed by atoms with Gasteiger partial charge in [-0.05, 0) is 36.1 Å². The Hall–Kier alpha value is -1.64. The number of nitrogens with one attached hydrogen (secondary N) is 2. The summed E-state index contributed by atoms with van der Waals surface area (Å²) in [6.07, 6.45) is 0. The van der Waals surface area contributed by atoms with E-state index in [1.54, 1.807) is 0 Å². The molecule has 2 unspecified atom stereocenters. The third kappa shape index (κ3) is 5.77. The molecule has 0 amide bonds. The van der Waals surface area contributed by atoms with Crippen LogP contribution in [0, 0.1) is 11.8 Å². The molecule has 0 aliphatic carbocycles. The van der Waals surface area contributed by atoms with Crippen molar-refractivity contribution >= 4 is 0 Å². The van der Waals surface area contributed by atoms with E-state index < -0.39 is 0 Å². The molecule has 2 aromatic rings. The van der Waals surface area contributed by atoms with E-state index in [1.165, 1.54) is 11.1 Å². The minimum atomic E-state index is 0.259. The van der Waals surface area contributed by atoms with E-state index >= 15 is 0 Å². The first kappa shape index (κ1) is 18.7. The van der Waals surface area contributed by atoms with E-state index in [-0.39, 0.29) is 12.1 Å². The Labute approximate surface area is 147 Å². The predicted molar refractivity (Wildman–Crippen MR) is 104 cm³/mol. The number of hydrogen-bond acceptors (Lipinski definition) is 2. The number of benzene rings is 2. The van der Waals surface area contributed by atoms with Crippen molar-refractivity contribution in [2.45, 2.75) is 39.8 Å². The second-order valence-corrected chi connectivity index (χ2v) is 7.38. The monoisotopic (exact) mass is 324 g/mol. The molecule has 0 saturated heterocycles. The predicted octanol–water partition coefficient (Wildman–Crippen LogP) is 4.96. The lowest BCUT2D eigenvalue weighted by molar-refractivity contribution is 0.353. The van der Waals surface area contributed by atoms with Gasteiger partial charge < -0.3 is 10.6 Å². The Balaban J connectivity index is 2.31. The second kappa shape index (κ2) is 9.61. The van der Waals surface area contributed by atoms with Crippen molar-refractivity contribution in [3.05, 3.63) is 71.8 Å². The summed E-state index contributed by atoms with van der Waals surface area (Å²) < 4.78 is 0. The Morgan fingerprint density at radius 3 is 1.21 bits per heavy atom. The molecule has 2 atom stereocenters. The van der Waals surface area contributed by atoms with E-state index in [1.807, 2.05) is 0 Å². The van der Waals surface area contributed by atoms with Gasteiger partial charge in [0, 0.05) is 0 Å². The van der Waals surface area contributed by atoms with E-state index in [9.17, 15) is 0 Å². The minimum Gasteiger partial charge on any atom is -0.308 e. The van der Waals surface area contributed by atoms with Crippen LogP contribution in [0.15, 0.2) is 60.7 Å². The summed E-state index contributed by atoms with van der Waals surface area (Å²) >= 11 is 0. The highest BCUT2D eigenvalue weighted by Gasteiger charge is 2.24. The van der Waals surface area contributed by atoms with Gasteiger partial charge in [0.15, 0.2) is 0 Å². The van der Waals surface area contributed by atoms with Crippen LogP contribution in [0.5, 0.6) is 0 Å². The van der Waals surface area contributed by atoms with Gasteiger partial charge in [0.05, 0.1) is 12.1 Å². The molecule has 2 nitrogen and oxygen atoms in total. The first-order valence-corrected chi connectivity index (χ1v) is 9.14. The van der Waals surface area contributed by atoms with Crippen molar-refractivity contribution in [3.8, 4) is 0 Å². The van der Waals surface area contributed by atoms with Crippen LogP contribution in [0.4, 0.5) is 0 Å². The molecule has 2 aromatic carbocycles. The molecule has 0 saturated carbocycles. The summed E-state index contributed by atoms with van der Waals surface area (Å²) in [6, 6.07) is 22.1. The summed E-state index contributed by atoms with van der Waals surface area (Å²) in [5.74, 6) is 1.25. The molecule has 0 spiro atoms. The van der Waals surface area contributed by atoms with Crippen molar-refractivity contribution in [1.29, 1.82) is 0 Å². The highest BCUT2D eigenvalue weighted by Crippen LogP contribution is 2.29. The van der Waals surface area contributed by atoms with Gasteiger partial charge in [-0.3, -0.25) is 0 Å². The number of rotatable bonds is 9. The van der Waals surface area contributed by atoms with Crippen LogP contribution in [-0.2, 0) is 0 Å². The molecule has 2 N–H and O–H groups in total. The average Bonchev–Trinajstić information content (AvgIpc) is 2.59. The van der Waals surface area contributed by atoms with Crippen molar-refractivity contribution < 1.29 is 0 Å². The van der Waals surface area contributed by atoms with Crippen LogP contribution >= 0.6 is 0 Å². The van der Waals surface area contributed by atoms with Gasteiger partial charge >= 0.3 is 0 Å². The van der Waals surface area contributed by atoms with Crippen molar-refractivity contribution in [3.63, 3.8) is 0 Å². The summed E-state index contributed by atoms with van der Waals surface area (Å²) in [7, 11) is 0. The van der Waals surface area contributed by atoms with Crippen LogP contribution in [0.3, 0.4) is 0 Å². The van der Waals surface area contributed by atoms with E-state index in [4.69, 9.17) is 0 Å². The van der Waals surface area contributed by atoms with E-state index in [2.05, 4.69) is 99.0 Å². The van der Waals surface area contributed by atoms with Crippen molar-refractivity contribution in [2.24, 2.45) is 11.8 Å². The summed E-state index contributed by atoms with van der Waals surface area (Å²) in [4.78, 5) is 0. The standard InChI is InChI=1S/C22H32N2/c1-17(2)15-23-21(19-11-7-5-8-12-19)22(24-16-18(3)4)20-13-9-6-10-14-20/h5-14,17-18,21-24H,15-16H2,1-4H3. The molecule has 0 aliphatic rings. The van der Waals surface area contributed by atoms with Crippen molar-refractivity contribution in [2.75, 3.05) is 13.1 Å². The molecular formula is C22H32N2. The van der Waals surface area contributed by atoms with Crippen LogP contribution < -0.4 is 10.6 Å². The topological polar surface area (TPSA) is 24.1 Å². The Morgan fingerprint density at radius 2 is 0.917 bits per heavy atom. The quantitative estimate of drug-likeness (QED) is 0.681. The first-order chi connectivity index (χ1) is 11.6. The summed E-state index contributed by atoms with van der Waals surface area (Å²) in [6.45, 7) is 11.0. The Morgan fingerprint density at radius 1 is 0.583 bits per heavy atom. The van der Waals surface area contributed by atoms with E-state index in [0.29, 0.717) is 11.8 Å². The molecule has 2 heteroatoms. The van der Waals surface area contributed by atoms with Gasteiger partial charge in [-0.1, -0.05) is 88.4 Å². The highest BCUT2D eigenvalue weighted by atomic mass is 15.0. The molecule has 0 aromatic heterocycles. The maximum absolute atomic E-state index is 3.80. The van der Waals surface area contributed by atoms with Crippen LogP contribution in [-0.4, -0.2) is 13.1 Å². The maximum Gasteiger partial charge on any atom is 0.0518 e. The first-order valence-electron chi connectivity index (χ1n) is 9.14. The zero-order chi connectivity index (χ0) is 17.4. The van der Waals surface area contributed by atoms with Gasteiger partial charge in [-0.2, -0.15) is 0 Å². The molecule has 0 bridgehead atoms. The molecule has 0 fully saturated rings. The lowest BCUT2D eigenvalue weighted by Crippen LogP contribution is -2.38. The molecule has 2 rings (SSSR count). The van der Waals surface area contributed by atoms with Crippen LogP contribution in [0.25, 0.3) is 0 Å². The smallest absolute Gasteiger partial charge is 0.0518 e. The third-order valence-corrected chi connectivity index (χ3v) is 4.14. The summed E-state index contributed by atoms with van der Waals surface area (Å²) in [5, 5.41) is 7.59. The van der Waals surface area contributed by atoms with Gasteiger partial charge in [0.2, 0.25) is 0 Å². The molecule has 130 valence electrons. The third-order valence-electron chi connectivity index (χ3n) is 4.14. The van der Waals surface area contributed by atoms with Gasteiger partial charge in [0.25, 0.3) is 0 Å². The fourth-order valence-electron chi connectivity index (χ4n) is 2.90. The van der Waals surface area contributed by atoms with Crippen LogP contribution in [0.2, 0.25) is 0 Å². The highest BCUT2D eigenvalue weighted by molar-refractivity contribution is 5.27. The lowest BCUT2D eigenvalue weighted by atomic mass is 9.92. The number of hydrogen-bond donors (Lipinski definition) is 2. The fraction of sp³-hybridized carbons (Fsp3) is 0.455. The Bertz CT molecular complexity index is 510. The molecular weight excluding hydrogens is 292 g/mol. The minimum absolute atomic E-state index is 0.259. The van der Waals surface area contributed by atoms with E-state index in [0.717, 1.165) is 13.1 Å². The summed E-state index contributed by atoms with van der Waals surface area (Å²) in [5.41, 5.74) is 2.67. The molecule has 24 heavy (non-hydrogen) atoms. The van der Waals surface area contributed by atoms with Gasteiger partial charge in [-0.15, -0.1) is 0 Å². The fourth-order valence-corrected chi connectivity index (χ4v) is 2.90. The molecule has 0 radical (unpaired) electrons. The average molecular weight is 325 g/mol. The van der Waals surface area contributed by atoms with Crippen LogP contribution in [0.1, 0.15) is 50.9 Å². The zero-order valence-electron chi connectivity index (χ0n) is 15.5. The normalized spacial score (nSPS) is 14.1. The zero-order valence-corrected chi connectivity index (χ0v) is 15.5. The van der Waals surface area contributed by atoms with Gasteiger partial charge in [0.1, 0.15) is 0 Å². The maximum atomic E-state index is 3.80. The lowest BCUT2D eigenvalue weighted by Gasteiger charge is -2.31. The largest absolute Gasteiger partial charge is 0.308 e. The SMILES string of the molecule is CC(C)CNC(c1ccccc1)C(NCC(C)C)c1ccccc1.